The molecule has 0 radical (unpaired) electrons. The first-order valence-corrected chi connectivity index (χ1v) is 6.29. The molecule has 0 aliphatic rings. The van der Waals surface area contributed by atoms with Crippen LogP contribution >= 0.6 is 0 Å². The highest BCUT2D eigenvalue weighted by atomic mass is 16.4. The average Bonchev–Trinajstić information content (AvgIpc) is 2.98. The van der Waals surface area contributed by atoms with Crippen LogP contribution in [0.1, 0.15) is 23.0 Å². The van der Waals surface area contributed by atoms with Crippen LogP contribution in [0, 0.1) is 13.8 Å². The van der Waals surface area contributed by atoms with Crippen LogP contribution in [0.3, 0.4) is 0 Å². The highest BCUT2D eigenvalue weighted by molar-refractivity contribution is 5.53. The molecule has 2 heterocycles. The summed E-state index contributed by atoms with van der Waals surface area (Å²) in [4.78, 5) is 4.56. The van der Waals surface area contributed by atoms with Crippen LogP contribution in [0.15, 0.2) is 51.3 Å². The number of benzene rings is 1. The van der Waals surface area contributed by atoms with Gasteiger partial charge in [0.1, 0.15) is 17.3 Å². The smallest absolute Gasteiger partial charge is 0.226 e. The lowest BCUT2D eigenvalue weighted by Crippen LogP contribution is -1.88. The van der Waals surface area contributed by atoms with E-state index in [1.807, 2.05) is 56.3 Å². The second kappa shape index (κ2) is 4.76. The third kappa shape index (κ3) is 2.45. The summed E-state index contributed by atoms with van der Waals surface area (Å²) in [5.74, 6) is 3.33. The summed E-state index contributed by atoms with van der Waals surface area (Å²) in [6, 6.07) is 13.9. The van der Waals surface area contributed by atoms with Crippen molar-refractivity contribution in [1.82, 2.24) is 4.98 Å². The Bertz CT molecular complexity index is 680. The molecule has 0 saturated heterocycles. The second-order valence-corrected chi connectivity index (χ2v) is 4.58. The Morgan fingerprint density at radius 3 is 2.42 bits per heavy atom. The zero-order valence-electron chi connectivity index (χ0n) is 11.0. The molecule has 0 saturated carbocycles. The highest BCUT2D eigenvalue weighted by Crippen LogP contribution is 2.23. The average molecular weight is 253 g/mol. The van der Waals surface area contributed by atoms with E-state index in [9.17, 15) is 0 Å². The Morgan fingerprint density at radius 2 is 1.74 bits per heavy atom. The first-order valence-electron chi connectivity index (χ1n) is 6.29. The minimum absolute atomic E-state index is 0.663. The number of aryl methyl sites for hydroxylation is 2. The molecule has 0 amide bonds. The predicted octanol–water partition coefficient (Wildman–Crippen LogP) is 4.14. The van der Waals surface area contributed by atoms with E-state index in [4.69, 9.17) is 8.83 Å². The lowest BCUT2D eigenvalue weighted by atomic mass is 10.2. The molecule has 0 N–H and O–H groups in total. The van der Waals surface area contributed by atoms with Crippen LogP contribution in [-0.2, 0) is 6.42 Å². The van der Waals surface area contributed by atoms with Crippen molar-refractivity contribution in [2.45, 2.75) is 20.3 Å². The number of nitrogens with zero attached hydrogens (tertiary/aromatic N) is 1. The quantitative estimate of drug-likeness (QED) is 0.704. The number of aromatic nitrogens is 1. The normalized spacial score (nSPS) is 10.8. The van der Waals surface area contributed by atoms with Gasteiger partial charge in [0.15, 0.2) is 0 Å². The Labute approximate surface area is 111 Å². The number of furan rings is 1. The molecule has 0 aliphatic heterocycles. The van der Waals surface area contributed by atoms with E-state index in [1.54, 1.807) is 0 Å². The first-order chi connectivity index (χ1) is 9.22. The van der Waals surface area contributed by atoms with Gasteiger partial charge in [0, 0.05) is 5.56 Å². The van der Waals surface area contributed by atoms with Crippen LogP contribution in [0.4, 0.5) is 0 Å². The molecule has 19 heavy (non-hydrogen) atoms. The standard InChI is InChI=1S/C16H15NO2/c1-11-8-9-14(18-11)10-15-12(2)19-16(17-15)13-6-4-3-5-7-13/h3-9H,10H2,1-2H3. The fourth-order valence-corrected chi connectivity index (χ4v) is 2.04. The SMILES string of the molecule is Cc1ccc(Cc2nc(-c3ccccc3)oc2C)o1. The summed E-state index contributed by atoms with van der Waals surface area (Å²) in [6.07, 6.45) is 0.663. The van der Waals surface area contributed by atoms with Crippen molar-refractivity contribution in [2.24, 2.45) is 0 Å². The topological polar surface area (TPSA) is 39.2 Å². The van der Waals surface area contributed by atoms with Crippen LogP contribution in [0.2, 0.25) is 0 Å². The fourth-order valence-electron chi connectivity index (χ4n) is 2.04. The molecule has 0 fully saturated rings. The maximum absolute atomic E-state index is 5.73. The van der Waals surface area contributed by atoms with Crippen molar-refractivity contribution < 1.29 is 8.83 Å². The second-order valence-electron chi connectivity index (χ2n) is 4.58. The third-order valence-corrected chi connectivity index (χ3v) is 3.05. The summed E-state index contributed by atoms with van der Waals surface area (Å²) >= 11 is 0. The largest absolute Gasteiger partial charge is 0.466 e. The number of oxazole rings is 1. The lowest BCUT2D eigenvalue weighted by Gasteiger charge is -1.93. The van der Waals surface area contributed by atoms with Crippen LogP contribution < -0.4 is 0 Å². The lowest BCUT2D eigenvalue weighted by molar-refractivity contribution is 0.489. The van der Waals surface area contributed by atoms with E-state index in [2.05, 4.69) is 4.98 Å². The molecule has 1 aromatic carbocycles. The Kier molecular flexibility index (Phi) is 2.95. The highest BCUT2D eigenvalue weighted by Gasteiger charge is 2.13. The van der Waals surface area contributed by atoms with Crippen LogP contribution in [-0.4, -0.2) is 4.98 Å². The van der Waals surface area contributed by atoms with Gasteiger partial charge in [0.25, 0.3) is 0 Å². The molecule has 3 nitrogen and oxygen atoms in total. The predicted molar refractivity (Wildman–Crippen MR) is 72.9 cm³/mol. The van der Waals surface area contributed by atoms with Gasteiger partial charge in [-0.2, -0.15) is 0 Å². The summed E-state index contributed by atoms with van der Waals surface area (Å²) in [5.41, 5.74) is 1.92. The van der Waals surface area contributed by atoms with Crippen molar-refractivity contribution in [2.75, 3.05) is 0 Å². The molecule has 0 unspecified atom stereocenters. The zero-order chi connectivity index (χ0) is 13.2. The molecule has 0 atom stereocenters. The molecular formula is C16H15NO2. The van der Waals surface area contributed by atoms with Gasteiger partial charge in [-0.1, -0.05) is 18.2 Å². The van der Waals surface area contributed by atoms with E-state index in [-0.39, 0.29) is 0 Å². The number of hydrogen-bond acceptors (Lipinski definition) is 3. The fraction of sp³-hybridized carbons (Fsp3) is 0.188. The van der Waals surface area contributed by atoms with Crippen molar-refractivity contribution >= 4 is 0 Å². The van der Waals surface area contributed by atoms with Crippen LogP contribution in [0.25, 0.3) is 11.5 Å². The maximum Gasteiger partial charge on any atom is 0.226 e. The minimum atomic E-state index is 0.663. The Hall–Kier alpha value is -2.29. The van der Waals surface area contributed by atoms with Gasteiger partial charge in [-0.3, -0.25) is 0 Å². The Morgan fingerprint density at radius 1 is 0.947 bits per heavy atom. The molecule has 96 valence electrons. The van der Waals surface area contributed by atoms with E-state index in [1.165, 1.54) is 0 Å². The third-order valence-electron chi connectivity index (χ3n) is 3.05. The molecular weight excluding hydrogens is 238 g/mol. The molecule has 2 aromatic heterocycles. The van der Waals surface area contributed by atoms with Gasteiger partial charge < -0.3 is 8.83 Å². The monoisotopic (exact) mass is 253 g/mol. The summed E-state index contributed by atoms with van der Waals surface area (Å²) in [7, 11) is 0. The van der Waals surface area contributed by atoms with Crippen molar-refractivity contribution in [3.05, 3.63) is 65.4 Å². The summed E-state index contributed by atoms with van der Waals surface area (Å²) < 4.78 is 11.3. The van der Waals surface area contributed by atoms with E-state index in [0.717, 1.165) is 28.5 Å². The molecule has 3 aromatic rings. The van der Waals surface area contributed by atoms with Crippen molar-refractivity contribution in [1.29, 1.82) is 0 Å². The molecule has 3 rings (SSSR count). The van der Waals surface area contributed by atoms with Gasteiger partial charge in [-0.25, -0.2) is 4.98 Å². The molecule has 3 heteroatoms. The molecule has 0 aliphatic carbocycles. The molecule has 0 spiro atoms. The number of hydrogen-bond donors (Lipinski definition) is 0. The van der Waals surface area contributed by atoms with E-state index < -0.39 is 0 Å². The number of rotatable bonds is 3. The van der Waals surface area contributed by atoms with Gasteiger partial charge >= 0.3 is 0 Å². The van der Waals surface area contributed by atoms with E-state index in [0.29, 0.717) is 12.3 Å². The van der Waals surface area contributed by atoms with Crippen molar-refractivity contribution in [3.63, 3.8) is 0 Å². The van der Waals surface area contributed by atoms with Gasteiger partial charge in [-0.15, -0.1) is 0 Å². The van der Waals surface area contributed by atoms with Gasteiger partial charge in [-0.05, 0) is 38.1 Å². The van der Waals surface area contributed by atoms with Gasteiger partial charge in [0.05, 0.1) is 12.1 Å². The minimum Gasteiger partial charge on any atom is -0.466 e. The zero-order valence-corrected chi connectivity index (χ0v) is 11.0. The summed E-state index contributed by atoms with van der Waals surface area (Å²) in [5, 5.41) is 0. The van der Waals surface area contributed by atoms with Crippen LogP contribution in [0.5, 0.6) is 0 Å². The Balaban J connectivity index is 1.90. The van der Waals surface area contributed by atoms with E-state index >= 15 is 0 Å². The van der Waals surface area contributed by atoms with Crippen molar-refractivity contribution in [3.8, 4) is 11.5 Å². The summed E-state index contributed by atoms with van der Waals surface area (Å²) in [6.45, 7) is 3.87. The van der Waals surface area contributed by atoms with Gasteiger partial charge in [0.2, 0.25) is 5.89 Å². The first kappa shape index (κ1) is 11.8. The maximum atomic E-state index is 5.73. The molecule has 0 bridgehead atoms.